The molecule has 0 saturated carbocycles. The number of fused-ring (bicyclic) bond motifs is 1. The molecule has 11 heteroatoms. The summed E-state index contributed by atoms with van der Waals surface area (Å²) in [7, 11) is 1.59. The van der Waals surface area contributed by atoms with Gasteiger partial charge in [-0.1, -0.05) is 6.07 Å². The van der Waals surface area contributed by atoms with E-state index in [4.69, 9.17) is 9.47 Å². The van der Waals surface area contributed by atoms with E-state index in [1.54, 1.807) is 42.1 Å². The van der Waals surface area contributed by atoms with Crippen LogP contribution in [0.25, 0.3) is 0 Å². The zero-order chi connectivity index (χ0) is 26.1. The Labute approximate surface area is 215 Å². The topological polar surface area (TPSA) is 122 Å². The number of nitrogens with zero attached hydrogens (tertiary/aromatic N) is 3. The molecule has 3 atom stereocenters. The van der Waals surface area contributed by atoms with Crippen molar-refractivity contribution in [1.82, 2.24) is 25.8 Å². The minimum Gasteiger partial charge on any atom is -0.497 e. The van der Waals surface area contributed by atoms with Gasteiger partial charge in [0.1, 0.15) is 23.5 Å². The van der Waals surface area contributed by atoms with Crippen molar-refractivity contribution in [3.8, 4) is 11.5 Å². The van der Waals surface area contributed by atoms with Gasteiger partial charge in [0, 0.05) is 12.6 Å². The zero-order valence-corrected chi connectivity index (χ0v) is 21.2. The predicted molar refractivity (Wildman–Crippen MR) is 138 cm³/mol. The predicted octanol–water partition coefficient (Wildman–Crippen LogP) is 1.98. The van der Waals surface area contributed by atoms with Crippen molar-refractivity contribution in [3.05, 3.63) is 65.4 Å². The first-order chi connectivity index (χ1) is 17.8. The quantitative estimate of drug-likeness (QED) is 0.385. The Hall–Kier alpha value is -4.09. The summed E-state index contributed by atoms with van der Waals surface area (Å²) in [5, 5.41) is 15.8. The number of methoxy groups -OCH3 is 1. The molecule has 1 aromatic heterocycles. The lowest BCUT2D eigenvalue weighted by molar-refractivity contribution is -0.129. The van der Waals surface area contributed by atoms with Gasteiger partial charge in [-0.05, 0) is 68.3 Å². The number of benzene rings is 2. The second-order valence-electron chi connectivity index (χ2n) is 9.26. The van der Waals surface area contributed by atoms with Gasteiger partial charge >= 0.3 is 0 Å². The third kappa shape index (κ3) is 5.09. The van der Waals surface area contributed by atoms with Crippen LogP contribution in [0.4, 0.5) is 11.5 Å². The van der Waals surface area contributed by atoms with Crippen molar-refractivity contribution in [2.75, 3.05) is 30.6 Å². The van der Waals surface area contributed by atoms with E-state index >= 15 is 0 Å². The third-order valence-corrected chi connectivity index (χ3v) is 6.65. The number of nitrogens with one attached hydrogen (secondary N) is 4. The summed E-state index contributed by atoms with van der Waals surface area (Å²) in [6.45, 7) is 6.28. The van der Waals surface area contributed by atoms with Crippen LogP contribution < -0.4 is 35.9 Å². The molecule has 194 valence electrons. The highest BCUT2D eigenvalue weighted by Gasteiger charge is 2.45. The Morgan fingerprint density at radius 1 is 1.08 bits per heavy atom. The van der Waals surface area contributed by atoms with Gasteiger partial charge in [0.15, 0.2) is 12.9 Å². The van der Waals surface area contributed by atoms with Crippen LogP contribution >= 0.6 is 0 Å². The van der Waals surface area contributed by atoms with Crippen LogP contribution in [0.5, 0.6) is 11.5 Å². The molecular formula is C26H31N7O4. The highest BCUT2D eigenvalue weighted by atomic mass is 16.5. The summed E-state index contributed by atoms with van der Waals surface area (Å²) in [4.78, 5) is 25.7. The van der Waals surface area contributed by atoms with E-state index in [2.05, 4.69) is 52.5 Å². The maximum atomic E-state index is 13.0. The summed E-state index contributed by atoms with van der Waals surface area (Å²) in [5.74, 6) is 0.963. The first-order valence-electron chi connectivity index (χ1n) is 12.1. The molecule has 0 radical (unpaired) electrons. The summed E-state index contributed by atoms with van der Waals surface area (Å²) < 4.78 is 12.3. The molecule has 4 N–H and O–H groups in total. The lowest BCUT2D eigenvalue weighted by atomic mass is 10.0. The van der Waals surface area contributed by atoms with Crippen molar-refractivity contribution < 1.29 is 19.1 Å². The van der Waals surface area contributed by atoms with E-state index in [-0.39, 0.29) is 30.5 Å². The largest absolute Gasteiger partial charge is 0.497 e. The first kappa shape index (κ1) is 24.6. The van der Waals surface area contributed by atoms with Gasteiger partial charge in [-0.2, -0.15) is 5.10 Å². The van der Waals surface area contributed by atoms with Crippen molar-refractivity contribution in [2.45, 2.75) is 33.2 Å². The molecule has 0 aliphatic carbocycles. The molecule has 37 heavy (non-hydrogen) atoms. The Kier molecular flexibility index (Phi) is 6.72. The van der Waals surface area contributed by atoms with Crippen LogP contribution in [-0.2, 0) is 9.59 Å². The number of aryl methyl sites for hydroxylation is 3. The number of aromatic nitrogens is 2. The normalized spacial score (nSPS) is 20.8. The van der Waals surface area contributed by atoms with Gasteiger partial charge in [-0.3, -0.25) is 19.9 Å². The maximum Gasteiger partial charge on any atom is 0.263 e. The number of hydrogen-bond donors (Lipinski definition) is 4. The fourth-order valence-corrected chi connectivity index (χ4v) is 4.52. The van der Waals surface area contributed by atoms with Crippen LogP contribution in [0.15, 0.2) is 48.5 Å². The average molecular weight is 506 g/mol. The van der Waals surface area contributed by atoms with Gasteiger partial charge in [0.05, 0.1) is 24.4 Å². The molecular weight excluding hydrogens is 474 g/mol. The number of carbonyl (C=O) groups is 2. The molecule has 2 saturated heterocycles. The Morgan fingerprint density at radius 3 is 2.57 bits per heavy atom. The number of rotatable bonds is 7. The zero-order valence-electron chi connectivity index (χ0n) is 21.2. The van der Waals surface area contributed by atoms with Crippen molar-refractivity contribution >= 4 is 23.3 Å². The summed E-state index contributed by atoms with van der Waals surface area (Å²) >= 11 is 0. The highest BCUT2D eigenvalue weighted by molar-refractivity contribution is 5.91. The molecule has 2 fully saturated rings. The van der Waals surface area contributed by atoms with E-state index in [9.17, 15) is 9.59 Å². The third-order valence-electron chi connectivity index (χ3n) is 6.65. The number of hydrazine groups is 1. The number of carbonyl (C=O) groups excluding carboxylic acids is 2. The van der Waals surface area contributed by atoms with Gasteiger partial charge < -0.3 is 20.1 Å². The molecule has 0 bridgehead atoms. The van der Waals surface area contributed by atoms with Crippen LogP contribution in [-0.4, -0.2) is 48.0 Å². The minimum atomic E-state index is -0.658. The molecule has 3 aromatic rings. The lowest BCUT2D eigenvalue weighted by Crippen LogP contribution is -2.61. The molecule has 3 unspecified atom stereocenters. The minimum absolute atomic E-state index is 0.0964. The van der Waals surface area contributed by atoms with E-state index in [1.165, 1.54) is 11.1 Å². The monoisotopic (exact) mass is 505 g/mol. The maximum absolute atomic E-state index is 13.0. The van der Waals surface area contributed by atoms with Crippen LogP contribution in [0.3, 0.4) is 0 Å². The standard InChI is InChI=1S/C26H31N7O4/c1-15-5-6-18(11-16(15)2)32-24-21(13-27-32)25(35)30-26(29-24)33-22(12-17(3)31-33)28-23(34)14-37-20-9-7-19(36-4)8-10-20/h5-12,21,24,26-27,29H,13-14H2,1-4H3,(H,28,34)(H,30,35). The molecule has 2 aliphatic rings. The summed E-state index contributed by atoms with van der Waals surface area (Å²) in [6, 6.07) is 14.9. The van der Waals surface area contributed by atoms with Crippen molar-refractivity contribution in [2.24, 2.45) is 5.92 Å². The summed E-state index contributed by atoms with van der Waals surface area (Å²) in [5.41, 5.74) is 7.38. The second kappa shape index (κ2) is 10.1. The Balaban J connectivity index is 1.29. The Bertz CT molecular complexity index is 1310. The van der Waals surface area contributed by atoms with Gasteiger partial charge in [0.25, 0.3) is 5.91 Å². The SMILES string of the molecule is COc1ccc(OCC(=O)Nc2cc(C)nn2C2NC(=O)C3CNN(c4ccc(C)c(C)c4)C3N2)cc1. The molecule has 2 aliphatic heterocycles. The average Bonchev–Trinajstić information content (AvgIpc) is 3.48. The van der Waals surface area contributed by atoms with Gasteiger partial charge in [-0.15, -0.1) is 0 Å². The van der Waals surface area contributed by atoms with E-state index in [0.717, 1.165) is 5.69 Å². The number of amides is 2. The van der Waals surface area contributed by atoms with E-state index in [1.807, 2.05) is 18.0 Å². The highest BCUT2D eigenvalue weighted by Crippen LogP contribution is 2.29. The molecule has 2 amide bonds. The fraction of sp³-hybridized carbons (Fsp3) is 0.346. The molecule has 5 rings (SSSR count). The van der Waals surface area contributed by atoms with Crippen molar-refractivity contribution in [3.63, 3.8) is 0 Å². The first-order valence-corrected chi connectivity index (χ1v) is 12.1. The molecule has 11 nitrogen and oxygen atoms in total. The number of anilines is 2. The van der Waals surface area contributed by atoms with Gasteiger partial charge in [-0.25, -0.2) is 10.1 Å². The van der Waals surface area contributed by atoms with E-state index < -0.39 is 6.29 Å². The van der Waals surface area contributed by atoms with Gasteiger partial charge in [0.2, 0.25) is 5.91 Å². The second-order valence-corrected chi connectivity index (χ2v) is 9.26. The van der Waals surface area contributed by atoms with Crippen LogP contribution in [0.2, 0.25) is 0 Å². The van der Waals surface area contributed by atoms with Crippen molar-refractivity contribution in [1.29, 1.82) is 0 Å². The Morgan fingerprint density at radius 2 is 1.84 bits per heavy atom. The fourth-order valence-electron chi connectivity index (χ4n) is 4.52. The molecule has 0 spiro atoms. The van der Waals surface area contributed by atoms with Crippen LogP contribution in [0, 0.1) is 26.7 Å². The van der Waals surface area contributed by atoms with E-state index in [0.29, 0.717) is 29.6 Å². The molecule has 2 aromatic carbocycles. The smallest absolute Gasteiger partial charge is 0.263 e. The molecule has 3 heterocycles. The lowest BCUT2D eigenvalue weighted by Gasteiger charge is -2.37. The number of ether oxygens (including phenoxy) is 2. The summed E-state index contributed by atoms with van der Waals surface area (Å²) in [6.07, 6.45) is -0.957. The van der Waals surface area contributed by atoms with Crippen LogP contribution in [0.1, 0.15) is 23.1 Å². The number of hydrogen-bond acceptors (Lipinski definition) is 8.